The van der Waals surface area contributed by atoms with Crippen molar-refractivity contribution in [3.63, 3.8) is 0 Å². The van der Waals surface area contributed by atoms with Crippen molar-refractivity contribution in [2.75, 3.05) is 7.11 Å². The van der Waals surface area contributed by atoms with Crippen LogP contribution in [-0.4, -0.2) is 35.8 Å². The first-order chi connectivity index (χ1) is 11.5. The number of methoxy groups -OCH3 is 1. The third kappa shape index (κ3) is 3.18. The zero-order chi connectivity index (χ0) is 17.3. The van der Waals surface area contributed by atoms with Crippen LogP contribution in [0.2, 0.25) is 0 Å². The van der Waals surface area contributed by atoms with Crippen LogP contribution in [-0.2, 0) is 11.3 Å². The van der Waals surface area contributed by atoms with Gasteiger partial charge in [-0.1, -0.05) is 12.8 Å². The molecule has 1 saturated heterocycles. The van der Waals surface area contributed by atoms with E-state index in [0.717, 1.165) is 24.2 Å². The van der Waals surface area contributed by atoms with Gasteiger partial charge >= 0.3 is 0 Å². The molecule has 0 unspecified atom stereocenters. The van der Waals surface area contributed by atoms with Gasteiger partial charge in [0, 0.05) is 23.7 Å². The van der Waals surface area contributed by atoms with Gasteiger partial charge in [0.2, 0.25) is 5.91 Å². The van der Waals surface area contributed by atoms with Gasteiger partial charge in [-0.25, -0.2) is 0 Å². The van der Waals surface area contributed by atoms with E-state index in [9.17, 15) is 9.59 Å². The summed E-state index contributed by atoms with van der Waals surface area (Å²) in [5, 5.41) is 0. The van der Waals surface area contributed by atoms with Crippen molar-refractivity contribution in [1.29, 1.82) is 0 Å². The van der Waals surface area contributed by atoms with Crippen LogP contribution in [0.15, 0.2) is 18.2 Å². The minimum atomic E-state index is -0.244. The minimum Gasteiger partial charge on any atom is -0.496 e. The molecule has 24 heavy (non-hydrogen) atoms. The molecule has 1 aromatic rings. The highest BCUT2D eigenvalue weighted by atomic mass is 16.5. The van der Waals surface area contributed by atoms with Crippen molar-refractivity contribution in [2.45, 2.75) is 57.7 Å². The Morgan fingerprint density at radius 3 is 2.71 bits per heavy atom. The molecular formula is C19H26N2O3. The average Bonchev–Trinajstić information content (AvgIpc) is 2.94. The fourth-order valence-electron chi connectivity index (χ4n) is 4.38. The Balaban J connectivity index is 1.91. The number of benzene rings is 1. The number of Topliss-reactive ketones (excluding diaryl/α,β-unsaturated/α-hetero) is 1. The Labute approximate surface area is 143 Å². The highest BCUT2D eigenvalue weighted by Gasteiger charge is 2.44. The van der Waals surface area contributed by atoms with Crippen molar-refractivity contribution < 1.29 is 14.3 Å². The summed E-state index contributed by atoms with van der Waals surface area (Å²) in [6, 6.07) is 5.68. The summed E-state index contributed by atoms with van der Waals surface area (Å²) in [7, 11) is 1.63. The molecule has 1 aromatic carbocycles. The van der Waals surface area contributed by atoms with E-state index in [4.69, 9.17) is 10.5 Å². The molecule has 5 heteroatoms. The molecule has 0 spiro atoms. The first kappa shape index (κ1) is 17.0. The number of nitrogens with zero attached hydrogens (tertiary/aromatic N) is 1. The van der Waals surface area contributed by atoms with Crippen LogP contribution in [0.25, 0.3) is 0 Å². The molecule has 0 aromatic heterocycles. The first-order valence-corrected chi connectivity index (χ1v) is 8.74. The van der Waals surface area contributed by atoms with E-state index < -0.39 is 0 Å². The number of amides is 1. The summed E-state index contributed by atoms with van der Waals surface area (Å²) in [5.41, 5.74) is 7.29. The Morgan fingerprint density at radius 2 is 2.04 bits per heavy atom. The summed E-state index contributed by atoms with van der Waals surface area (Å²) in [4.78, 5) is 25.9. The molecule has 3 rings (SSSR count). The quantitative estimate of drug-likeness (QED) is 0.842. The zero-order valence-corrected chi connectivity index (χ0v) is 14.5. The predicted octanol–water partition coefficient (Wildman–Crippen LogP) is 2.52. The minimum absolute atomic E-state index is 0.0299. The number of carbonyl (C=O) groups is 2. The zero-order valence-electron chi connectivity index (χ0n) is 14.5. The number of carbonyl (C=O) groups excluding carboxylic acids is 2. The third-order valence-electron chi connectivity index (χ3n) is 5.59. The normalized spacial score (nSPS) is 26.8. The standard InChI is InChI=1S/C19H26N2O3/c1-12(22)13-7-8-18(24-2)15(9-13)11-21-16-6-4-3-5-14(16)10-17(21)19(20)23/h7-9,14,16-17H,3-6,10-11H2,1-2H3,(H2,20,23)/t14-,16-,17-/m0/s1. The van der Waals surface area contributed by atoms with Crippen LogP contribution in [0.4, 0.5) is 0 Å². The summed E-state index contributed by atoms with van der Waals surface area (Å²) >= 11 is 0. The van der Waals surface area contributed by atoms with Gasteiger partial charge in [-0.2, -0.15) is 0 Å². The number of rotatable bonds is 5. The maximum absolute atomic E-state index is 12.0. The summed E-state index contributed by atoms with van der Waals surface area (Å²) in [5.74, 6) is 1.09. The maximum atomic E-state index is 12.0. The highest BCUT2D eigenvalue weighted by Crippen LogP contribution is 2.41. The Kier molecular flexibility index (Phi) is 4.90. The Bertz CT molecular complexity index is 643. The number of ketones is 1. The number of ether oxygens (including phenoxy) is 1. The molecule has 1 saturated carbocycles. The second-order valence-electron chi connectivity index (χ2n) is 7.02. The molecule has 2 fully saturated rings. The fraction of sp³-hybridized carbons (Fsp3) is 0.579. The van der Waals surface area contributed by atoms with E-state index in [1.54, 1.807) is 20.1 Å². The highest BCUT2D eigenvalue weighted by molar-refractivity contribution is 5.94. The second kappa shape index (κ2) is 6.93. The van der Waals surface area contributed by atoms with E-state index in [0.29, 0.717) is 24.1 Å². The molecule has 1 aliphatic heterocycles. The lowest BCUT2D eigenvalue weighted by atomic mass is 9.84. The molecule has 2 N–H and O–H groups in total. The predicted molar refractivity (Wildman–Crippen MR) is 91.9 cm³/mol. The fourth-order valence-corrected chi connectivity index (χ4v) is 4.38. The largest absolute Gasteiger partial charge is 0.496 e. The van der Waals surface area contributed by atoms with Crippen molar-refractivity contribution >= 4 is 11.7 Å². The van der Waals surface area contributed by atoms with Crippen molar-refractivity contribution in [2.24, 2.45) is 11.7 Å². The molecule has 0 bridgehead atoms. The maximum Gasteiger partial charge on any atom is 0.234 e. The van der Waals surface area contributed by atoms with Gasteiger partial charge < -0.3 is 10.5 Å². The van der Waals surface area contributed by atoms with Crippen LogP contribution in [0.3, 0.4) is 0 Å². The van der Waals surface area contributed by atoms with Gasteiger partial charge in [0.1, 0.15) is 5.75 Å². The van der Waals surface area contributed by atoms with E-state index in [1.165, 1.54) is 19.3 Å². The molecule has 1 amide bonds. The van der Waals surface area contributed by atoms with E-state index in [1.807, 2.05) is 12.1 Å². The van der Waals surface area contributed by atoms with E-state index in [-0.39, 0.29) is 17.7 Å². The molecule has 1 aliphatic carbocycles. The first-order valence-electron chi connectivity index (χ1n) is 8.74. The number of likely N-dealkylation sites (tertiary alicyclic amines) is 1. The molecule has 2 aliphatic rings. The lowest BCUT2D eigenvalue weighted by Crippen LogP contribution is -2.44. The molecule has 1 heterocycles. The lowest BCUT2D eigenvalue weighted by Gasteiger charge is -2.33. The molecule has 5 nitrogen and oxygen atoms in total. The Hall–Kier alpha value is -1.88. The summed E-state index contributed by atoms with van der Waals surface area (Å²) < 4.78 is 5.47. The van der Waals surface area contributed by atoms with Crippen molar-refractivity contribution in [3.05, 3.63) is 29.3 Å². The van der Waals surface area contributed by atoms with Gasteiger partial charge in [-0.15, -0.1) is 0 Å². The van der Waals surface area contributed by atoms with E-state index >= 15 is 0 Å². The molecular weight excluding hydrogens is 304 g/mol. The van der Waals surface area contributed by atoms with Crippen molar-refractivity contribution in [3.8, 4) is 5.75 Å². The monoisotopic (exact) mass is 330 g/mol. The summed E-state index contributed by atoms with van der Waals surface area (Å²) in [6.07, 6.45) is 5.59. The van der Waals surface area contributed by atoms with E-state index in [2.05, 4.69) is 4.90 Å². The number of primary amides is 1. The lowest BCUT2D eigenvalue weighted by molar-refractivity contribution is -0.123. The van der Waals surface area contributed by atoms with Gasteiger partial charge in [0.25, 0.3) is 0 Å². The van der Waals surface area contributed by atoms with Crippen LogP contribution in [0, 0.1) is 5.92 Å². The van der Waals surface area contributed by atoms with Gasteiger partial charge in [-0.3, -0.25) is 14.5 Å². The Morgan fingerprint density at radius 1 is 1.29 bits per heavy atom. The smallest absolute Gasteiger partial charge is 0.234 e. The van der Waals surface area contributed by atoms with Crippen LogP contribution in [0.1, 0.15) is 54.9 Å². The summed E-state index contributed by atoms with van der Waals surface area (Å²) in [6.45, 7) is 2.16. The number of hydrogen-bond donors (Lipinski definition) is 1. The van der Waals surface area contributed by atoms with Gasteiger partial charge in [0.05, 0.1) is 13.2 Å². The average molecular weight is 330 g/mol. The topological polar surface area (TPSA) is 72.6 Å². The van der Waals surface area contributed by atoms with Crippen LogP contribution in [0.5, 0.6) is 5.75 Å². The molecule has 3 atom stereocenters. The second-order valence-corrected chi connectivity index (χ2v) is 7.02. The van der Waals surface area contributed by atoms with Crippen molar-refractivity contribution in [1.82, 2.24) is 4.90 Å². The van der Waals surface area contributed by atoms with Crippen LogP contribution < -0.4 is 10.5 Å². The van der Waals surface area contributed by atoms with Gasteiger partial charge in [-0.05, 0) is 50.3 Å². The SMILES string of the molecule is COc1ccc(C(C)=O)cc1CN1[C@H](C(N)=O)C[C@@H]2CCCC[C@@H]21. The number of hydrogen-bond acceptors (Lipinski definition) is 4. The van der Waals surface area contributed by atoms with Gasteiger partial charge in [0.15, 0.2) is 5.78 Å². The van der Waals surface area contributed by atoms with Crippen LogP contribution >= 0.6 is 0 Å². The third-order valence-corrected chi connectivity index (χ3v) is 5.59. The molecule has 130 valence electrons. The molecule has 0 radical (unpaired) electrons. The number of nitrogens with two attached hydrogens (primary N) is 1. The number of fused-ring (bicyclic) bond motifs is 1.